The Kier molecular flexibility index (Phi) is 3.82. The average molecular weight is 281 g/mol. The third kappa shape index (κ3) is 3.13. The minimum absolute atomic E-state index is 0.0829. The summed E-state index contributed by atoms with van der Waals surface area (Å²) in [5.74, 6) is 0.340. The first-order valence-corrected chi connectivity index (χ1v) is 7.02. The molecule has 1 aromatic rings. The second-order valence-electron chi connectivity index (χ2n) is 6.75. The largest absolute Gasteiger partial charge is 0.487 e. The molecule has 1 heterocycles. The van der Waals surface area contributed by atoms with E-state index in [1.165, 1.54) is 12.1 Å². The fourth-order valence-corrected chi connectivity index (χ4v) is 2.83. The molecule has 0 bridgehead atoms. The molecule has 2 rings (SSSR count). The van der Waals surface area contributed by atoms with Gasteiger partial charge in [-0.15, -0.1) is 0 Å². The van der Waals surface area contributed by atoms with Gasteiger partial charge in [0.05, 0.1) is 5.60 Å². The topological polar surface area (TPSA) is 44.5 Å². The molecule has 1 aliphatic rings. The van der Waals surface area contributed by atoms with E-state index in [1.807, 2.05) is 20.8 Å². The summed E-state index contributed by atoms with van der Waals surface area (Å²) >= 11 is 0. The van der Waals surface area contributed by atoms with Gasteiger partial charge >= 0.3 is 0 Å². The third-order valence-corrected chi connectivity index (χ3v) is 3.72. The number of halogens is 1. The van der Waals surface area contributed by atoms with Crippen LogP contribution in [0, 0.1) is 5.82 Å². The Morgan fingerprint density at radius 3 is 2.50 bits per heavy atom. The number of ether oxygens (including phenoxy) is 2. The molecule has 20 heavy (non-hydrogen) atoms. The maximum atomic E-state index is 13.4. The van der Waals surface area contributed by atoms with Crippen LogP contribution in [-0.2, 0) is 4.74 Å². The maximum absolute atomic E-state index is 13.4. The highest BCUT2D eigenvalue weighted by molar-refractivity contribution is 5.36. The Labute approximate surface area is 120 Å². The fraction of sp³-hybridized carbons (Fsp3) is 0.625. The lowest BCUT2D eigenvalue weighted by molar-refractivity contribution is -0.0847. The van der Waals surface area contributed by atoms with Crippen LogP contribution in [0.5, 0.6) is 5.75 Å². The molecule has 112 valence electrons. The predicted molar refractivity (Wildman–Crippen MR) is 77.3 cm³/mol. The molecule has 0 aliphatic carbocycles. The highest BCUT2D eigenvalue weighted by Crippen LogP contribution is 2.40. The van der Waals surface area contributed by atoms with Crippen LogP contribution in [0.15, 0.2) is 18.2 Å². The van der Waals surface area contributed by atoms with E-state index in [0.29, 0.717) is 11.3 Å². The van der Waals surface area contributed by atoms with E-state index in [2.05, 4.69) is 13.8 Å². The van der Waals surface area contributed by atoms with Crippen LogP contribution in [0.4, 0.5) is 4.39 Å². The molecule has 1 aromatic carbocycles. The van der Waals surface area contributed by atoms with E-state index >= 15 is 0 Å². The Balaban J connectivity index is 2.27. The Bertz CT molecular complexity index is 497. The molecule has 1 saturated heterocycles. The lowest BCUT2D eigenvalue weighted by Crippen LogP contribution is -2.37. The van der Waals surface area contributed by atoms with Crippen molar-refractivity contribution in [1.29, 1.82) is 0 Å². The molecule has 2 atom stereocenters. The summed E-state index contributed by atoms with van der Waals surface area (Å²) in [5.41, 5.74) is 5.98. The average Bonchev–Trinajstić information content (AvgIpc) is 2.48. The van der Waals surface area contributed by atoms with Crippen LogP contribution in [0.1, 0.15) is 52.6 Å². The highest BCUT2D eigenvalue weighted by atomic mass is 19.1. The number of hydrogen-bond acceptors (Lipinski definition) is 3. The van der Waals surface area contributed by atoms with Crippen molar-refractivity contribution in [2.24, 2.45) is 5.73 Å². The molecule has 4 heteroatoms. The molecular formula is C16H24FNO2. The first kappa shape index (κ1) is 15.3. The first-order valence-electron chi connectivity index (χ1n) is 7.02. The van der Waals surface area contributed by atoms with Gasteiger partial charge in [-0.1, -0.05) is 0 Å². The van der Waals surface area contributed by atoms with Crippen molar-refractivity contribution < 1.29 is 13.9 Å². The normalized spacial score (nSPS) is 25.4. The zero-order valence-electron chi connectivity index (χ0n) is 12.9. The van der Waals surface area contributed by atoms with Crippen molar-refractivity contribution >= 4 is 0 Å². The van der Waals surface area contributed by atoms with Gasteiger partial charge in [0, 0.05) is 18.0 Å². The molecule has 3 nitrogen and oxygen atoms in total. The lowest BCUT2D eigenvalue weighted by Gasteiger charge is -2.28. The van der Waals surface area contributed by atoms with Crippen molar-refractivity contribution in [3.63, 3.8) is 0 Å². The summed E-state index contributed by atoms with van der Waals surface area (Å²) in [4.78, 5) is 0. The van der Waals surface area contributed by atoms with Gasteiger partial charge in [-0.25, -0.2) is 4.39 Å². The Morgan fingerprint density at radius 1 is 1.35 bits per heavy atom. The van der Waals surface area contributed by atoms with Crippen molar-refractivity contribution in [1.82, 2.24) is 0 Å². The molecule has 0 spiro atoms. The molecule has 0 saturated carbocycles. The summed E-state index contributed by atoms with van der Waals surface area (Å²) in [5, 5.41) is 0. The van der Waals surface area contributed by atoms with Gasteiger partial charge in [-0.05, 0) is 52.8 Å². The molecular weight excluding hydrogens is 257 g/mol. The van der Waals surface area contributed by atoms with Gasteiger partial charge in [0.1, 0.15) is 23.3 Å². The van der Waals surface area contributed by atoms with E-state index in [1.54, 1.807) is 6.07 Å². The number of hydrogen-bond donors (Lipinski definition) is 1. The van der Waals surface area contributed by atoms with Crippen molar-refractivity contribution in [2.75, 3.05) is 0 Å². The molecule has 1 aliphatic heterocycles. The zero-order valence-corrected chi connectivity index (χ0v) is 12.9. The molecule has 2 N–H and O–H groups in total. The number of benzene rings is 1. The highest BCUT2D eigenvalue weighted by Gasteiger charge is 2.47. The van der Waals surface area contributed by atoms with Gasteiger partial charge in [-0.3, -0.25) is 0 Å². The first-order chi connectivity index (χ1) is 9.11. The lowest BCUT2D eigenvalue weighted by atomic mass is 9.97. The third-order valence-electron chi connectivity index (χ3n) is 3.72. The second-order valence-corrected chi connectivity index (χ2v) is 6.75. The fourth-order valence-electron chi connectivity index (χ4n) is 2.83. The summed E-state index contributed by atoms with van der Waals surface area (Å²) < 4.78 is 25.5. The maximum Gasteiger partial charge on any atom is 0.130 e. The minimum Gasteiger partial charge on any atom is -0.487 e. The van der Waals surface area contributed by atoms with Gasteiger partial charge < -0.3 is 15.2 Å². The molecule has 1 unspecified atom stereocenters. The van der Waals surface area contributed by atoms with Gasteiger partial charge in [0.25, 0.3) is 0 Å². The van der Waals surface area contributed by atoms with E-state index in [4.69, 9.17) is 15.2 Å². The monoisotopic (exact) mass is 281 g/mol. The Morgan fingerprint density at radius 2 is 2.00 bits per heavy atom. The van der Waals surface area contributed by atoms with Crippen molar-refractivity contribution in [2.45, 2.75) is 64.4 Å². The summed E-state index contributed by atoms with van der Waals surface area (Å²) in [7, 11) is 0. The molecule has 1 fully saturated rings. The van der Waals surface area contributed by atoms with Crippen molar-refractivity contribution in [3.8, 4) is 5.75 Å². The number of nitrogens with two attached hydrogens (primary N) is 1. The quantitative estimate of drug-likeness (QED) is 0.921. The van der Waals surface area contributed by atoms with Crippen molar-refractivity contribution in [3.05, 3.63) is 29.6 Å². The van der Waals surface area contributed by atoms with E-state index < -0.39 is 0 Å². The number of rotatable bonds is 3. The van der Waals surface area contributed by atoms with E-state index in [-0.39, 0.29) is 29.2 Å². The molecule has 0 aromatic heterocycles. The summed E-state index contributed by atoms with van der Waals surface area (Å²) in [6.45, 7) is 9.95. The van der Waals surface area contributed by atoms with Gasteiger partial charge in [0.15, 0.2) is 0 Å². The smallest absolute Gasteiger partial charge is 0.130 e. The molecule has 0 amide bonds. The van der Waals surface area contributed by atoms with Crippen LogP contribution in [0.3, 0.4) is 0 Å². The minimum atomic E-state index is -0.382. The van der Waals surface area contributed by atoms with Crippen LogP contribution in [0.2, 0.25) is 0 Å². The van der Waals surface area contributed by atoms with Gasteiger partial charge in [0.2, 0.25) is 0 Å². The summed E-state index contributed by atoms with van der Waals surface area (Å²) in [6.07, 6.45) is 0.705. The standard InChI is InChI=1S/C16H24FNO2/c1-10(18)12-8-11(17)6-7-13(12)19-14-9-15(2,3)20-16(14,4)5/h6-8,10,14H,9,18H2,1-5H3/t10-,14?/m0/s1. The SMILES string of the molecule is C[C@H](N)c1cc(F)ccc1OC1CC(C)(C)OC1(C)C. The summed E-state index contributed by atoms with van der Waals surface area (Å²) in [6, 6.07) is 4.21. The van der Waals surface area contributed by atoms with E-state index in [0.717, 1.165) is 6.42 Å². The van der Waals surface area contributed by atoms with Crippen LogP contribution in [0.25, 0.3) is 0 Å². The van der Waals surface area contributed by atoms with Crippen LogP contribution >= 0.6 is 0 Å². The van der Waals surface area contributed by atoms with Gasteiger partial charge in [-0.2, -0.15) is 0 Å². The second kappa shape index (κ2) is 5.01. The van der Waals surface area contributed by atoms with E-state index in [9.17, 15) is 4.39 Å². The van der Waals surface area contributed by atoms with Crippen LogP contribution in [-0.4, -0.2) is 17.3 Å². The molecule has 0 radical (unpaired) electrons. The Hall–Kier alpha value is -1.13. The zero-order chi connectivity index (χ0) is 15.1. The predicted octanol–water partition coefficient (Wildman–Crippen LogP) is 3.57. The van der Waals surface area contributed by atoms with Crippen LogP contribution < -0.4 is 10.5 Å².